The van der Waals surface area contributed by atoms with Crippen LogP contribution in [0, 0.1) is 5.92 Å². The predicted molar refractivity (Wildman–Crippen MR) is 98.5 cm³/mol. The lowest BCUT2D eigenvalue weighted by Gasteiger charge is -2.37. The van der Waals surface area contributed by atoms with Crippen LogP contribution < -0.4 is 5.32 Å². The highest BCUT2D eigenvalue weighted by molar-refractivity contribution is 5.20. The van der Waals surface area contributed by atoms with Gasteiger partial charge < -0.3 is 10.2 Å². The van der Waals surface area contributed by atoms with Crippen LogP contribution in [0.3, 0.4) is 0 Å². The molecule has 2 heteroatoms. The molecule has 0 unspecified atom stereocenters. The fourth-order valence-corrected chi connectivity index (χ4v) is 3.02. The van der Waals surface area contributed by atoms with Gasteiger partial charge in [0.1, 0.15) is 0 Å². The zero-order chi connectivity index (χ0) is 16.2. The van der Waals surface area contributed by atoms with Gasteiger partial charge in [-0.2, -0.15) is 0 Å². The lowest BCUT2D eigenvalue weighted by Crippen LogP contribution is -2.49. The lowest BCUT2D eigenvalue weighted by atomic mass is 9.89. The second-order valence-electron chi connectivity index (χ2n) is 6.22. The Morgan fingerprint density at radius 3 is 2.00 bits per heavy atom. The van der Waals surface area contributed by atoms with Crippen molar-refractivity contribution < 1.29 is 0 Å². The average molecular weight is 305 g/mol. The van der Waals surface area contributed by atoms with E-state index in [1.807, 2.05) is 13.8 Å². The summed E-state index contributed by atoms with van der Waals surface area (Å²) in [5, 5.41) is 3.36. The fraction of sp³-hybridized carbons (Fsp3) is 0.700. The first kappa shape index (κ1) is 19.2. The van der Waals surface area contributed by atoms with Gasteiger partial charge in [-0.15, -0.1) is 0 Å². The molecule has 2 heterocycles. The van der Waals surface area contributed by atoms with Gasteiger partial charge in [-0.1, -0.05) is 64.4 Å². The number of likely N-dealkylation sites (tertiary alicyclic amines) is 1. The van der Waals surface area contributed by atoms with Crippen molar-refractivity contribution in [2.75, 3.05) is 32.7 Å². The van der Waals surface area contributed by atoms with Crippen LogP contribution in [-0.4, -0.2) is 37.6 Å². The quantitative estimate of drug-likeness (QED) is 0.882. The minimum Gasteiger partial charge on any atom is -0.316 e. The van der Waals surface area contributed by atoms with Crippen molar-refractivity contribution in [2.24, 2.45) is 5.92 Å². The molecule has 2 fully saturated rings. The third-order valence-electron chi connectivity index (χ3n) is 4.24. The number of hydrogen-bond acceptors (Lipinski definition) is 2. The zero-order valence-electron chi connectivity index (χ0n) is 15.1. The molecule has 1 aromatic carbocycles. The Bertz CT molecular complexity index is 351. The molecule has 0 atom stereocenters. The molecular weight excluding hydrogens is 268 g/mol. The molecule has 1 aromatic rings. The molecule has 1 N–H and O–H groups in total. The highest BCUT2D eigenvalue weighted by Gasteiger charge is 2.24. The Hall–Kier alpha value is -0.860. The van der Waals surface area contributed by atoms with E-state index in [9.17, 15) is 0 Å². The maximum Gasteiger partial charge on any atom is 0.00340 e. The van der Waals surface area contributed by atoms with E-state index in [1.165, 1.54) is 57.5 Å². The van der Waals surface area contributed by atoms with E-state index in [0.29, 0.717) is 0 Å². The van der Waals surface area contributed by atoms with Gasteiger partial charge in [0.05, 0.1) is 0 Å². The summed E-state index contributed by atoms with van der Waals surface area (Å²) in [7, 11) is 0. The van der Waals surface area contributed by atoms with Gasteiger partial charge in [-0.05, 0) is 43.3 Å². The van der Waals surface area contributed by atoms with Crippen LogP contribution >= 0.6 is 0 Å². The van der Waals surface area contributed by atoms with Crippen molar-refractivity contribution in [1.29, 1.82) is 0 Å². The van der Waals surface area contributed by atoms with E-state index < -0.39 is 0 Å². The molecule has 0 amide bonds. The third-order valence-corrected chi connectivity index (χ3v) is 4.24. The lowest BCUT2D eigenvalue weighted by molar-refractivity contribution is 0.158. The van der Waals surface area contributed by atoms with Crippen LogP contribution in [0.2, 0.25) is 0 Å². The average Bonchev–Trinajstić information content (AvgIpc) is 2.55. The van der Waals surface area contributed by atoms with Crippen molar-refractivity contribution >= 4 is 0 Å². The smallest absolute Gasteiger partial charge is 0.00340 e. The third kappa shape index (κ3) is 6.50. The number of nitrogens with one attached hydrogen (secondary N) is 1. The van der Waals surface area contributed by atoms with Crippen LogP contribution in [0.15, 0.2) is 30.3 Å². The van der Waals surface area contributed by atoms with E-state index in [1.54, 1.807) is 0 Å². The minimum absolute atomic E-state index is 0.798. The predicted octanol–water partition coefficient (Wildman–Crippen LogP) is 4.53. The Balaban J connectivity index is 0.000000435. The molecule has 0 aromatic heterocycles. The normalized spacial score (nSPS) is 19.3. The maximum absolute atomic E-state index is 3.36. The largest absolute Gasteiger partial charge is 0.316 e. The van der Waals surface area contributed by atoms with Gasteiger partial charge in [0.15, 0.2) is 0 Å². The molecular formula is C20H36N2. The second kappa shape index (κ2) is 11.7. The van der Waals surface area contributed by atoms with Crippen molar-refractivity contribution in [3.63, 3.8) is 0 Å². The molecule has 2 aliphatic rings. The molecule has 0 radical (unpaired) electrons. The van der Waals surface area contributed by atoms with E-state index in [4.69, 9.17) is 0 Å². The minimum atomic E-state index is 0.798. The SMILES string of the molecule is CC.CCC.c1ccc(C2CCN(CC3CNC3)CC2)cc1. The Kier molecular flexibility index (Phi) is 10.2. The van der Waals surface area contributed by atoms with E-state index >= 15 is 0 Å². The Morgan fingerprint density at radius 2 is 1.55 bits per heavy atom. The van der Waals surface area contributed by atoms with Crippen molar-refractivity contribution in [1.82, 2.24) is 10.2 Å². The van der Waals surface area contributed by atoms with Crippen molar-refractivity contribution in [2.45, 2.75) is 52.9 Å². The summed E-state index contributed by atoms with van der Waals surface area (Å²) in [5.41, 5.74) is 1.54. The molecule has 2 nitrogen and oxygen atoms in total. The number of piperidine rings is 1. The van der Waals surface area contributed by atoms with Crippen LogP contribution in [0.25, 0.3) is 0 Å². The van der Waals surface area contributed by atoms with Gasteiger partial charge in [0, 0.05) is 19.6 Å². The first-order valence-corrected chi connectivity index (χ1v) is 9.31. The first-order valence-electron chi connectivity index (χ1n) is 9.31. The van der Waals surface area contributed by atoms with Gasteiger partial charge >= 0.3 is 0 Å². The molecule has 126 valence electrons. The summed E-state index contributed by atoms with van der Waals surface area (Å²) in [6.07, 6.45) is 3.92. The van der Waals surface area contributed by atoms with E-state index in [0.717, 1.165) is 11.8 Å². The van der Waals surface area contributed by atoms with Crippen molar-refractivity contribution in [3.8, 4) is 0 Å². The zero-order valence-corrected chi connectivity index (χ0v) is 15.1. The number of nitrogens with zero attached hydrogens (tertiary/aromatic N) is 1. The van der Waals surface area contributed by atoms with Gasteiger partial charge in [0.25, 0.3) is 0 Å². The van der Waals surface area contributed by atoms with Gasteiger partial charge in [0.2, 0.25) is 0 Å². The standard InChI is InChI=1S/C15H22N2.C3H8.C2H6/c1-2-4-14(5-3-1)15-6-8-17(9-7-15)12-13-10-16-11-13;1-3-2;1-2/h1-5,13,15-16H,6-12H2;3H2,1-2H3;1-2H3. The molecule has 0 bridgehead atoms. The maximum atomic E-state index is 3.36. The molecule has 22 heavy (non-hydrogen) atoms. The monoisotopic (exact) mass is 304 g/mol. The van der Waals surface area contributed by atoms with Crippen LogP contribution in [0.1, 0.15) is 58.4 Å². The number of hydrogen-bond donors (Lipinski definition) is 1. The second-order valence-corrected chi connectivity index (χ2v) is 6.22. The summed E-state index contributed by atoms with van der Waals surface area (Å²) in [6, 6.07) is 11.0. The summed E-state index contributed by atoms with van der Waals surface area (Å²) in [5.74, 6) is 1.72. The highest BCUT2D eigenvalue weighted by Crippen LogP contribution is 2.28. The highest BCUT2D eigenvalue weighted by atomic mass is 15.1. The number of benzene rings is 1. The summed E-state index contributed by atoms with van der Waals surface area (Å²) < 4.78 is 0. The summed E-state index contributed by atoms with van der Waals surface area (Å²) >= 11 is 0. The van der Waals surface area contributed by atoms with Gasteiger partial charge in [-0.25, -0.2) is 0 Å². The van der Waals surface area contributed by atoms with E-state index in [2.05, 4.69) is 54.4 Å². The summed E-state index contributed by atoms with van der Waals surface area (Å²) in [6.45, 7) is 14.6. The molecule has 0 spiro atoms. The molecule has 2 saturated heterocycles. The van der Waals surface area contributed by atoms with Crippen LogP contribution in [0.4, 0.5) is 0 Å². The van der Waals surface area contributed by atoms with E-state index in [-0.39, 0.29) is 0 Å². The first-order chi connectivity index (χ1) is 10.8. The van der Waals surface area contributed by atoms with Crippen LogP contribution in [-0.2, 0) is 0 Å². The molecule has 0 saturated carbocycles. The molecule has 3 rings (SSSR count). The van der Waals surface area contributed by atoms with Crippen molar-refractivity contribution in [3.05, 3.63) is 35.9 Å². The topological polar surface area (TPSA) is 15.3 Å². The molecule has 2 aliphatic heterocycles. The molecule has 0 aliphatic carbocycles. The summed E-state index contributed by atoms with van der Waals surface area (Å²) in [4.78, 5) is 2.66. The number of rotatable bonds is 3. The van der Waals surface area contributed by atoms with Gasteiger partial charge in [-0.3, -0.25) is 0 Å². The Morgan fingerprint density at radius 1 is 1.00 bits per heavy atom. The van der Waals surface area contributed by atoms with Crippen LogP contribution in [0.5, 0.6) is 0 Å². The fourth-order valence-electron chi connectivity index (χ4n) is 3.02. The Labute approximate surface area is 138 Å².